The summed E-state index contributed by atoms with van der Waals surface area (Å²) >= 11 is 1.03. The maximum Gasteiger partial charge on any atom is 0.350 e. The zero-order valence-corrected chi connectivity index (χ0v) is 22.1. The number of anilines is 1. The molecule has 0 aliphatic carbocycles. The molecular weight excluding hydrogens is 504 g/mol. The Balaban J connectivity index is 1.70. The van der Waals surface area contributed by atoms with E-state index < -0.39 is 17.9 Å². The lowest BCUT2D eigenvalue weighted by Gasteiger charge is -2.23. The van der Waals surface area contributed by atoms with Gasteiger partial charge in [0.25, 0.3) is 5.91 Å². The molecule has 8 nitrogen and oxygen atoms in total. The number of rotatable bonds is 8. The van der Waals surface area contributed by atoms with Gasteiger partial charge in [0.2, 0.25) is 5.76 Å². The molecule has 38 heavy (non-hydrogen) atoms. The number of nitrogens with zero attached hydrogens (tertiary/aromatic N) is 2. The van der Waals surface area contributed by atoms with E-state index in [9.17, 15) is 14.4 Å². The molecule has 1 unspecified atom stereocenters. The van der Waals surface area contributed by atoms with Crippen LogP contribution >= 0.6 is 11.3 Å². The lowest BCUT2D eigenvalue weighted by molar-refractivity contribution is 0.0554. The van der Waals surface area contributed by atoms with E-state index >= 15 is 0 Å². The molecule has 0 bridgehead atoms. The predicted molar refractivity (Wildman–Crippen MR) is 145 cm³/mol. The molecule has 0 saturated carbocycles. The maximum atomic E-state index is 13.9. The molecule has 1 atom stereocenters. The van der Waals surface area contributed by atoms with Gasteiger partial charge in [-0.2, -0.15) is 0 Å². The third-order valence-corrected chi connectivity index (χ3v) is 7.32. The normalized spacial score (nSPS) is 14.6. The van der Waals surface area contributed by atoms with Crippen molar-refractivity contribution in [3.63, 3.8) is 0 Å². The first-order chi connectivity index (χ1) is 18.3. The second kappa shape index (κ2) is 10.3. The summed E-state index contributed by atoms with van der Waals surface area (Å²) in [5.74, 6) is -0.489. The summed E-state index contributed by atoms with van der Waals surface area (Å²) in [5, 5.41) is 0.653. The number of aryl methyl sites for hydroxylation is 2. The summed E-state index contributed by atoms with van der Waals surface area (Å²) in [6.45, 7) is 9.72. The zero-order valence-electron chi connectivity index (χ0n) is 21.3. The van der Waals surface area contributed by atoms with E-state index in [0.29, 0.717) is 34.6 Å². The number of aromatic nitrogens is 1. The predicted octanol–water partition coefficient (Wildman–Crippen LogP) is 5.75. The third kappa shape index (κ3) is 4.39. The number of benzene rings is 2. The van der Waals surface area contributed by atoms with E-state index in [1.807, 2.05) is 44.2 Å². The van der Waals surface area contributed by atoms with Gasteiger partial charge in [-0.25, -0.2) is 9.78 Å². The van der Waals surface area contributed by atoms with Crippen LogP contribution in [0.1, 0.15) is 62.0 Å². The lowest BCUT2D eigenvalue weighted by atomic mass is 9.98. The quantitative estimate of drug-likeness (QED) is 0.211. The Bertz CT molecular complexity index is 1640. The first-order valence-corrected chi connectivity index (χ1v) is 13.0. The summed E-state index contributed by atoms with van der Waals surface area (Å²) < 4.78 is 17.1. The fourth-order valence-electron chi connectivity index (χ4n) is 4.47. The number of esters is 1. The molecule has 9 heteroatoms. The van der Waals surface area contributed by atoms with E-state index in [2.05, 4.69) is 11.6 Å². The summed E-state index contributed by atoms with van der Waals surface area (Å²) in [7, 11) is 0. The standard InChI is InChI=1S/C29H26N2O6S/c1-5-12-35-19-9-7-8-18(15-19)23-22-24(32)20-14-16(3)10-11-21(20)37-25(22)27(33)31(23)29-30-17(4)26(38-29)28(34)36-13-6-2/h6-11,14-15,23H,2,5,12-13H2,1,3-4H3. The minimum absolute atomic E-state index is 0.0418. The second-order valence-corrected chi connectivity index (χ2v) is 9.95. The Kier molecular flexibility index (Phi) is 6.86. The van der Waals surface area contributed by atoms with Gasteiger partial charge in [0.15, 0.2) is 10.6 Å². The average molecular weight is 531 g/mol. The largest absolute Gasteiger partial charge is 0.494 e. The van der Waals surface area contributed by atoms with Gasteiger partial charge in [-0.3, -0.25) is 14.5 Å². The average Bonchev–Trinajstić information content (AvgIpc) is 3.44. The van der Waals surface area contributed by atoms with Crippen LogP contribution in [0.3, 0.4) is 0 Å². The van der Waals surface area contributed by atoms with Crippen LogP contribution in [0.25, 0.3) is 11.0 Å². The SMILES string of the molecule is C=CCOC(=O)c1sc(N2C(=O)c3oc4ccc(C)cc4c(=O)c3C2c2cccc(OCCC)c2)nc1C. The first kappa shape index (κ1) is 25.4. The Morgan fingerprint density at radius 3 is 2.79 bits per heavy atom. The number of ether oxygens (including phenoxy) is 2. The molecule has 5 rings (SSSR count). The number of hydrogen-bond donors (Lipinski definition) is 0. The van der Waals surface area contributed by atoms with Crippen molar-refractivity contribution < 1.29 is 23.5 Å². The molecule has 4 aromatic rings. The van der Waals surface area contributed by atoms with Crippen LogP contribution < -0.4 is 15.1 Å². The monoisotopic (exact) mass is 530 g/mol. The molecule has 1 aliphatic rings. The highest BCUT2D eigenvalue weighted by Gasteiger charge is 2.45. The van der Waals surface area contributed by atoms with Crippen molar-refractivity contribution in [1.29, 1.82) is 0 Å². The summed E-state index contributed by atoms with van der Waals surface area (Å²) in [6, 6.07) is 11.7. The highest BCUT2D eigenvalue weighted by atomic mass is 32.1. The number of carbonyl (C=O) groups excluding carboxylic acids is 2. The maximum absolute atomic E-state index is 13.9. The van der Waals surface area contributed by atoms with Gasteiger partial charge in [-0.15, -0.1) is 0 Å². The molecule has 0 saturated heterocycles. The zero-order chi connectivity index (χ0) is 27.0. The number of carbonyl (C=O) groups is 2. The fourth-order valence-corrected chi connectivity index (χ4v) is 5.46. The number of hydrogen-bond acceptors (Lipinski definition) is 8. The Hall–Kier alpha value is -4.24. The van der Waals surface area contributed by atoms with E-state index in [1.165, 1.54) is 11.0 Å². The minimum Gasteiger partial charge on any atom is -0.494 e. The van der Waals surface area contributed by atoms with Crippen LogP contribution in [0.15, 0.2) is 64.3 Å². The first-order valence-electron chi connectivity index (χ1n) is 12.2. The highest BCUT2D eigenvalue weighted by molar-refractivity contribution is 7.17. The Morgan fingerprint density at radius 1 is 1.21 bits per heavy atom. The molecule has 0 spiro atoms. The second-order valence-electron chi connectivity index (χ2n) is 8.97. The molecule has 194 valence electrons. The van der Waals surface area contributed by atoms with Gasteiger partial charge in [-0.05, 0) is 50.1 Å². The summed E-state index contributed by atoms with van der Waals surface area (Å²) in [6.07, 6.45) is 2.31. The van der Waals surface area contributed by atoms with Crippen molar-refractivity contribution in [3.05, 3.63) is 98.4 Å². The number of thiazole rings is 1. The van der Waals surface area contributed by atoms with E-state index in [0.717, 1.165) is 23.3 Å². The van der Waals surface area contributed by atoms with E-state index in [-0.39, 0.29) is 33.4 Å². The summed E-state index contributed by atoms with van der Waals surface area (Å²) in [5.41, 5.74) is 2.25. The molecule has 2 aromatic carbocycles. The van der Waals surface area contributed by atoms with E-state index in [1.54, 1.807) is 19.1 Å². The Morgan fingerprint density at radius 2 is 2.03 bits per heavy atom. The Labute approximate surface area is 223 Å². The van der Waals surface area contributed by atoms with Crippen LogP contribution in [0, 0.1) is 13.8 Å². The van der Waals surface area contributed by atoms with Crippen molar-refractivity contribution >= 4 is 39.3 Å². The van der Waals surface area contributed by atoms with Gasteiger partial charge in [-0.1, -0.05) is 54.7 Å². The smallest absolute Gasteiger partial charge is 0.350 e. The van der Waals surface area contributed by atoms with Crippen LogP contribution in [-0.2, 0) is 4.74 Å². The van der Waals surface area contributed by atoms with Crippen LogP contribution in [0.2, 0.25) is 0 Å². The summed E-state index contributed by atoms with van der Waals surface area (Å²) in [4.78, 5) is 46.6. The molecule has 0 N–H and O–H groups in total. The van der Waals surface area contributed by atoms with Crippen molar-refractivity contribution in [2.75, 3.05) is 18.1 Å². The van der Waals surface area contributed by atoms with Crippen molar-refractivity contribution in [3.8, 4) is 5.75 Å². The molecule has 0 fully saturated rings. The molecular formula is C29H26N2O6S. The molecule has 1 aliphatic heterocycles. The molecule has 1 amide bonds. The van der Waals surface area contributed by atoms with Crippen molar-refractivity contribution in [1.82, 2.24) is 4.98 Å². The van der Waals surface area contributed by atoms with Crippen LogP contribution in [-0.4, -0.2) is 30.1 Å². The van der Waals surface area contributed by atoms with Gasteiger partial charge in [0, 0.05) is 0 Å². The number of fused-ring (bicyclic) bond motifs is 2. The van der Waals surface area contributed by atoms with Gasteiger partial charge in [0.1, 0.15) is 22.8 Å². The van der Waals surface area contributed by atoms with Crippen LogP contribution in [0.4, 0.5) is 5.13 Å². The highest BCUT2D eigenvalue weighted by Crippen LogP contribution is 2.43. The fraction of sp³-hybridized carbons (Fsp3) is 0.241. The van der Waals surface area contributed by atoms with Crippen molar-refractivity contribution in [2.24, 2.45) is 0 Å². The molecule has 3 heterocycles. The van der Waals surface area contributed by atoms with Gasteiger partial charge < -0.3 is 13.9 Å². The third-order valence-electron chi connectivity index (χ3n) is 6.18. The van der Waals surface area contributed by atoms with Gasteiger partial charge >= 0.3 is 5.97 Å². The minimum atomic E-state index is -0.827. The van der Waals surface area contributed by atoms with Crippen molar-refractivity contribution in [2.45, 2.75) is 33.2 Å². The molecule has 0 radical (unpaired) electrons. The topological polar surface area (TPSA) is 98.9 Å². The lowest BCUT2D eigenvalue weighted by Crippen LogP contribution is -2.29. The van der Waals surface area contributed by atoms with Gasteiger partial charge in [0.05, 0.1) is 29.3 Å². The molecule has 2 aromatic heterocycles. The van der Waals surface area contributed by atoms with Crippen LogP contribution in [0.5, 0.6) is 5.75 Å². The van der Waals surface area contributed by atoms with E-state index in [4.69, 9.17) is 13.9 Å². The number of amides is 1.